The molecule has 21 heavy (non-hydrogen) atoms. The van der Waals surface area contributed by atoms with Crippen molar-refractivity contribution < 1.29 is 14.2 Å². The zero-order chi connectivity index (χ0) is 15.2. The molecule has 1 fully saturated rings. The number of thioether (sulfide) groups is 1. The quantitative estimate of drug-likeness (QED) is 0.661. The molecule has 0 amide bonds. The van der Waals surface area contributed by atoms with Gasteiger partial charge in [0.15, 0.2) is 0 Å². The Morgan fingerprint density at radius 3 is 2.24 bits per heavy atom. The Bertz CT molecular complexity index is 411. The van der Waals surface area contributed by atoms with Gasteiger partial charge in [-0.25, -0.2) is 0 Å². The molecule has 0 N–H and O–H groups in total. The maximum atomic E-state index is 5.95. The van der Waals surface area contributed by atoms with E-state index in [9.17, 15) is 0 Å². The van der Waals surface area contributed by atoms with Crippen LogP contribution in [0.25, 0.3) is 0 Å². The molecule has 2 rings (SSSR count). The highest BCUT2D eigenvalue weighted by Gasteiger charge is 2.48. The third-order valence-corrected chi connectivity index (χ3v) is 5.33. The first-order chi connectivity index (χ1) is 10.1. The molecule has 1 aromatic carbocycles. The van der Waals surface area contributed by atoms with Gasteiger partial charge < -0.3 is 14.2 Å². The Hall–Kier alpha value is -0.550. The average molecular weight is 310 g/mol. The van der Waals surface area contributed by atoms with E-state index in [1.54, 1.807) is 14.2 Å². The third kappa shape index (κ3) is 5.29. The number of ether oxygens (including phenoxy) is 3. The Kier molecular flexibility index (Phi) is 6.11. The van der Waals surface area contributed by atoms with Crippen molar-refractivity contribution in [2.45, 2.75) is 35.9 Å². The molecule has 0 unspecified atom stereocenters. The van der Waals surface area contributed by atoms with Crippen LogP contribution in [-0.4, -0.2) is 43.5 Å². The number of rotatable bonds is 10. The molecule has 3 nitrogen and oxygen atoms in total. The predicted molar refractivity (Wildman–Crippen MR) is 87.8 cm³/mol. The molecule has 4 heteroatoms. The summed E-state index contributed by atoms with van der Waals surface area (Å²) in [6.45, 7) is 5.10. The Labute approximate surface area is 132 Å². The molecule has 0 atom stereocenters. The van der Waals surface area contributed by atoms with E-state index < -0.39 is 0 Å². The van der Waals surface area contributed by atoms with Gasteiger partial charge in [-0.3, -0.25) is 0 Å². The van der Waals surface area contributed by atoms with Crippen LogP contribution in [0.15, 0.2) is 30.3 Å². The summed E-state index contributed by atoms with van der Waals surface area (Å²) in [4.78, 5) is 0. The SMILES string of the molecule is COCC(C)(COC)SC1(COCc2ccccc2)CC1. The molecule has 0 aromatic heterocycles. The second-order valence-electron chi connectivity index (χ2n) is 6.08. The third-order valence-electron chi connectivity index (χ3n) is 3.65. The van der Waals surface area contributed by atoms with Gasteiger partial charge >= 0.3 is 0 Å². The summed E-state index contributed by atoms with van der Waals surface area (Å²) >= 11 is 1.97. The van der Waals surface area contributed by atoms with E-state index in [1.807, 2.05) is 17.8 Å². The summed E-state index contributed by atoms with van der Waals surface area (Å²) in [6.07, 6.45) is 2.44. The smallest absolute Gasteiger partial charge is 0.0717 e. The molecule has 118 valence electrons. The Morgan fingerprint density at radius 2 is 1.71 bits per heavy atom. The van der Waals surface area contributed by atoms with Gasteiger partial charge in [0.2, 0.25) is 0 Å². The Balaban J connectivity index is 1.81. The Morgan fingerprint density at radius 1 is 1.10 bits per heavy atom. The van der Waals surface area contributed by atoms with Gasteiger partial charge in [0.05, 0.1) is 31.2 Å². The number of methoxy groups -OCH3 is 2. The molecule has 0 heterocycles. The second kappa shape index (κ2) is 7.63. The molecule has 0 bridgehead atoms. The fourth-order valence-corrected chi connectivity index (χ4v) is 4.43. The van der Waals surface area contributed by atoms with Crippen LogP contribution in [0.1, 0.15) is 25.3 Å². The summed E-state index contributed by atoms with van der Waals surface area (Å²) in [7, 11) is 3.50. The summed E-state index contributed by atoms with van der Waals surface area (Å²) in [6, 6.07) is 10.3. The van der Waals surface area contributed by atoms with E-state index in [0.717, 1.165) is 6.61 Å². The monoisotopic (exact) mass is 310 g/mol. The zero-order valence-electron chi connectivity index (χ0n) is 13.3. The van der Waals surface area contributed by atoms with Gasteiger partial charge in [0, 0.05) is 19.0 Å². The summed E-state index contributed by atoms with van der Waals surface area (Å²) < 4.78 is 16.9. The summed E-state index contributed by atoms with van der Waals surface area (Å²) in [5.41, 5.74) is 1.23. The normalized spacial score (nSPS) is 16.9. The molecular formula is C17H26O3S. The molecule has 0 aliphatic heterocycles. The van der Waals surface area contributed by atoms with E-state index in [1.165, 1.54) is 18.4 Å². The molecule has 1 aliphatic carbocycles. The maximum absolute atomic E-state index is 5.95. The first kappa shape index (κ1) is 16.8. The van der Waals surface area contributed by atoms with Crippen molar-refractivity contribution in [3.05, 3.63) is 35.9 Å². The second-order valence-corrected chi connectivity index (χ2v) is 8.14. The summed E-state index contributed by atoms with van der Waals surface area (Å²) in [5.74, 6) is 0. The van der Waals surface area contributed by atoms with E-state index >= 15 is 0 Å². The van der Waals surface area contributed by atoms with Crippen molar-refractivity contribution >= 4 is 11.8 Å². The molecule has 0 saturated heterocycles. The van der Waals surface area contributed by atoms with Crippen LogP contribution in [-0.2, 0) is 20.8 Å². The van der Waals surface area contributed by atoms with Crippen LogP contribution < -0.4 is 0 Å². The van der Waals surface area contributed by atoms with E-state index in [4.69, 9.17) is 14.2 Å². The van der Waals surface area contributed by atoms with E-state index in [-0.39, 0.29) is 9.49 Å². The van der Waals surface area contributed by atoms with E-state index in [2.05, 4.69) is 31.2 Å². The van der Waals surface area contributed by atoms with Gasteiger partial charge in [-0.15, -0.1) is 11.8 Å². The lowest BCUT2D eigenvalue weighted by Gasteiger charge is -2.31. The minimum atomic E-state index is -0.00386. The number of benzene rings is 1. The maximum Gasteiger partial charge on any atom is 0.0717 e. The fraction of sp³-hybridized carbons (Fsp3) is 0.647. The minimum absolute atomic E-state index is 0.00386. The molecule has 1 aromatic rings. The van der Waals surface area contributed by atoms with Crippen molar-refractivity contribution in [2.75, 3.05) is 34.0 Å². The average Bonchev–Trinajstić information content (AvgIpc) is 3.19. The van der Waals surface area contributed by atoms with Gasteiger partial charge in [0.25, 0.3) is 0 Å². The van der Waals surface area contributed by atoms with Crippen LogP contribution in [0, 0.1) is 0 Å². The van der Waals surface area contributed by atoms with Crippen LogP contribution in [0.2, 0.25) is 0 Å². The van der Waals surface area contributed by atoms with Gasteiger partial charge in [-0.05, 0) is 25.3 Å². The standard InChI is InChI=1S/C17H26O3S/c1-16(12-18-2,13-19-3)21-17(9-10-17)14-20-11-15-7-5-4-6-8-15/h4-8H,9-14H2,1-3H3. The van der Waals surface area contributed by atoms with Crippen LogP contribution in [0.5, 0.6) is 0 Å². The zero-order valence-corrected chi connectivity index (χ0v) is 14.1. The highest BCUT2D eigenvalue weighted by molar-refractivity contribution is 8.02. The highest BCUT2D eigenvalue weighted by Crippen LogP contribution is 2.53. The lowest BCUT2D eigenvalue weighted by atomic mass is 10.2. The first-order valence-corrected chi connectivity index (χ1v) is 8.23. The van der Waals surface area contributed by atoms with Crippen LogP contribution >= 0.6 is 11.8 Å². The van der Waals surface area contributed by atoms with Crippen molar-refractivity contribution in [1.82, 2.24) is 0 Å². The van der Waals surface area contributed by atoms with Crippen molar-refractivity contribution in [3.63, 3.8) is 0 Å². The fourth-order valence-electron chi connectivity index (χ4n) is 2.58. The number of hydrogen-bond acceptors (Lipinski definition) is 4. The van der Waals surface area contributed by atoms with Crippen LogP contribution in [0.4, 0.5) is 0 Å². The van der Waals surface area contributed by atoms with Gasteiger partial charge in [-0.1, -0.05) is 30.3 Å². The van der Waals surface area contributed by atoms with Gasteiger partial charge in [-0.2, -0.15) is 0 Å². The minimum Gasteiger partial charge on any atom is -0.383 e. The predicted octanol–water partition coefficient (Wildman–Crippen LogP) is 3.52. The molecular weight excluding hydrogens is 284 g/mol. The van der Waals surface area contributed by atoms with Crippen molar-refractivity contribution in [1.29, 1.82) is 0 Å². The van der Waals surface area contributed by atoms with Crippen LogP contribution in [0.3, 0.4) is 0 Å². The van der Waals surface area contributed by atoms with Crippen molar-refractivity contribution in [2.24, 2.45) is 0 Å². The van der Waals surface area contributed by atoms with E-state index in [0.29, 0.717) is 19.8 Å². The topological polar surface area (TPSA) is 27.7 Å². The van der Waals surface area contributed by atoms with Gasteiger partial charge in [0.1, 0.15) is 0 Å². The molecule has 1 aliphatic rings. The first-order valence-electron chi connectivity index (χ1n) is 7.41. The number of hydrogen-bond donors (Lipinski definition) is 0. The molecule has 1 saturated carbocycles. The lowest BCUT2D eigenvalue weighted by molar-refractivity contribution is 0.105. The van der Waals surface area contributed by atoms with Crippen molar-refractivity contribution in [3.8, 4) is 0 Å². The molecule has 0 spiro atoms. The summed E-state index contributed by atoms with van der Waals surface area (Å²) in [5, 5.41) is 0. The lowest BCUT2D eigenvalue weighted by Crippen LogP contribution is -2.36. The largest absolute Gasteiger partial charge is 0.383 e. The highest BCUT2D eigenvalue weighted by atomic mass is 32.2. The molecule has 0 radical (unpaired) electrons.